The fourth-order valence-corrected chi connectivity index (χ4v) is 7.22. The van der Waals surface area contributed by atoms with E-state index in [1.165, 1.54) is 16.8 Å². The molecular formula is C19H25N3O4S2. The quantitative estimate of drug-likeness (QED) is 0.746. The average Bonchev–Trinajstić information content (AvgIpc) is 3.27. The Bertz CT molecular complexity index is 957. The molecule has 0 radical (unpaired) electrons. The number of aromatic nitrogens is 1. The van der Waals surface area contributed by atoms with Crippen LogP contribution in [0, 0.1) is 10.8 Å². The molecule has 28 heavy (non-hydrogen) atoms. The van der Waals surface area contributed by atoms with Gasteiger partial charge in [-0.3, -0.25) is 4.79 Å². The molecule has 0 aromatic carbocycles. The Morgan fingerprint density at radius 1 is 1.32 bits per heavy atom. The molecule has 1 amide bonds. The number of oxazole rings is 1. The third kappa shape index (κ3) is 3.78. The van der Waals surface area contributed by atoms with Crippen molar-refractivity contribution in [2.24, 2.45) is 10.8 Å². The molecule has 152 valence electrons. The first-order valence-corrected chi connectivity index (χ1v) is 11.1. The van der Waals surface area contributed by atoms with E-state index in [2.05, 4.69) is 16.9 Å². The van der Waals surface area contributed by atoms with E-state index < -0.39 is 20.9 Å². The van der Waals surface area contributed by atoms with Crippen LogP contribution < -0.4 is 5.32 Å². The molecule has 0 unspecified atom stereocenters. The lowest BCUT2D eigenvalue weighted by Gasteiger charge is -2.52. The van der Waals surface area contributed by atoms with Crippen LogP contribution in [0.2, 0.25) is 0 Å². The summed E-state index contributed by atoms with van der Waals surface area (Å²) in [5, 5.41) is 2.99. The molecule has 0 spiro atoms. The van der Waals surface area contributed by atoms with Gasteiger partial charge in [0.15, 0.2) is 12.2 Å². The smallest absolute Gasteiger partial charge is 0.252 e. The maximum Gasteiger partial charge on any atom is 0.252 e. The third-order valence-electron chi connectivity index (χ3n) is 5.05. The number of carbonyl (C=O) groups excluding carboxylic acids is 1. The Labute approximate surface area is 169 Å². The van der Waals surface area contributed by atoms with Gasteiger partial charge >= 0.3 is 0 Å². The first kappa shape index (κ1) is 20.8. The summed E-state index contributed by atoms with van der Waals surface area (Å²) in [7, 11) is -3.67. The molecule has 1 saturated heterocycles. The van der Waals surface area contributed by atoms with Gasteiger partial charge in [0.25, 0.3) is 10.0 Å². The van der Waals surface area contributed by atoms with E-state index >= 15 is 0 Å². The van der Waals surface area contributed by atoms with E-state index in [4.69, 9.17) is 4.42 Å². The lowest BCUT2D eigenvalue weighted by molar-refractivity contribution is -0.120. The summed E-state index contributed by atoms with van der Waals surface area (Å²) in [5.74, 6) is 0.287. The molecular weight excluding hydrogens is 398 g/mol. The fourth-order valence-electron chi connectivity index (χ4n) is 4.02. The highest BCUT2D eigenvalue weighted by Gasteiger charge is 2.50. The van der Waals surface area contributed by atoms with Crippen LogP contribution in [-0.4, -0.2) is 42.7 Å². The highest BCUT2D eigenvalue weighted by Crippen LogP contribution is 2.43. The largest absolute Gasteiger partial charge is 0.443 e. The van der Waals surface area contributed by atoms with Crippen molar-refractivity contribution < 1.29 is 17.6 Å². The van der Waals surface area contributed by atoms with Crippen molar-refractivity contribution in [1.29, 1.82) is 0 Å². The molecule has 3 heterocycles. The second-order valence-electron chi connectivity index (χ2n) is 8.38. The number of nitrogens with one attached hydrogen (secondary N) is 1. The normalized spacial score (nSPS) is 20.0. The number of thiophene rings is 1. The van der Waals surface area contributed by atoms with Crippen LogP contribution in [0.1, 0.15) is 27.7 Å². The van der Waals surface area contributed by atoms with Crippen LogP contribution in [0.4, 0.5) is 0 Å². The van der Waals surface area contributed by atoms with Crippen molar-refractivity contribution in [2.75, 3.05) is 13.1 Å². The fraction of sp³-hybridized carbons (Fsp3) is 0.474. The van der Waals surface area contributed by atoms with E-state index in [-0.39, 0.29) is 16.2 Å². The van der Waals surface area contributed by atoms with Crippen LogP contribution in [0.5, 0.6) is 0 Å². The molecule has 0 atom stereocenters. The summed E-state index contributed by atoms with van der Waals surface area (Å²) in [5.41, 5.74) is -0.920. The number of sulfonamides is 1. The maximum atomic E-state index is 13.3. The Morgan fingerprint density at radius 3 is 2.50 bits per heavy atom. The molecule has 2 aromatic heterocycles. The van der Waals surface area contributed by atoms with Gasteiger partial charge < -0.3 is 9.73 Å². The van der Waals surface area contributed by atoms with Crippen molar-refractivity contribution in [3.8, 4) is 10.6 Å². The van der Waals surface area contributed by atoms with Crippen LogP contribution in [0.15, 0.2) is 46.0 Å². The Balaban J connectivity index is 1.90. The number of hydrogen-bond acceptors (Lipinski definition) is 6. The summed E-state index contributed by atoms with van der Waals surface area (Å²) < 4.78 is 33.7. The summed E-state index contributed by atoms with van der Waals surface area (Å²) in [4.78, 5) is 16.5. The predicted molar refractivity (Wildman–Crippen MR) is 108 cm³/mol. The van der Waals surface area contributed by atoms with Crippen molar-refractivity contribution in [3.63, 3.8) is 0 Å². The Hall–Kier alpha value is -1.97. The van der Waals surface area contributed by atoms with Gasteiger partial charge in [-0.05, 0) is 29.0 Å². The molecule has 2 aromatic rings. The topological polar surface area (TPSA) is 92.5 Å². The summed E-state index contributed by atoms with van der Waals surface area (Å²) >= 11 is 1.16. The lowest BCUT2D eigenvalue weighted by Crippen LogP contribution is -2.64. The minimum atomic E-state index is -3.67. The van der Waals surface area contributed by atoms with E-state index in [1.54, 1.807) is 18.3 Å². The lowest BCUT2D eigenvalue weighted by atomic mass is 9.67. The molecule has 1 N–H and O–H groups in total. The van der Waals surface area contributed by atoms with E-state index in [0.717, 1.165) is 11.3 Å². The van der Waals surface area contributed by atoms with Crippen LogP contribution in [0.3, 0.4) is 0 Å². The van der Waals surface area contributed by atoms with Gasteiger partial charge in [-0.15, -0.1) is 11.3 Å². The number of carbonyl (C=O) groups is 1. The number of hydrogen-bond donors (Lipinski definition) is 1. The monoisotopic (exact) mass is 423 g/mol. The summed E-state index contributed by atoms with van der Waals surface area (Å²) in [6.07, 6.45) is 4.12. The van der Waals surface area contributed by atoms with E-state index in [1.807, 2.05) is 27.7 Å². The number of nitrogens with zero attached hydrogens (tertiary/aromatic N) is 2. The van der Waals surface area contributed by atoms with Gasteiger partial charge in [0.1, 0.15) is 4.21 Å². The minimum Gasteiger partial charge on any atom is -0.443 e. The molecule has 3 rings (SSSR count). The van der Waals surface area contributed by atoms with Gasteiger partial charge in [-0.25, -0.2) is 13.4 Å². The number of piperidine rings is 1. The minimum absolute atomic E-state index is 0.190. The zero-order chi connectivity index (χ0) is 20.7. The van der Waals surface area contributed by atoms with Crippen LogP contribution in [0.25, 0.3) is 10.6 Å². The molecule has 1 aliphatic heterocycles. The van der Waals surface area contributed by atoms with E-state index in [9.17, 15) is 13.2 Å². The van der Waals surface area contributed by atoms with Gasteiger partial charge in [0.2, 0.25) is 5.91 Å². The van der Waals surface area contributed by atoms with Crippen LogP contribution >= 0.6 is 11.3 Å². The average molecular weight is 424 g/mol. The highest BCUT2D eigenvalue weighted by atomic mass is 32.2. The molecule has 1 fully saturated rings. The summed E-state index contributed by atoms with van der Waals surface area (Å²) in [6, 6.07) is 3.14. The van der Waals surface area contributed by atoms with E-state index in [0.29, 0.717) is 23.7 Å². The number of rotatable bonds is 5. The second-order valence-corrected chi connectivity index (χ2v) is 11.6. The molecule has 9 heteroatoms. The zero-order valence-electron chi connectivity index (χ0n) is 16.4. The van der Waals surface area contributed by atoms with Gasteiger partial charge in [-0.2, -0.15) is 4.31 Å². The second kappa shape index (κ2) is 7.13. The molecule has 7 nitrogen and oxygen atoms in total. The predicted octanol–water partition coefficient (Wildman–Crippen LogP) is 3.13. The summed E-state index contributed by atoms with van der Waals surface area (Å²) in [6.45, 7) is 12.0. The van der Waals surface area contributed by atoms with Crippen molar-refractivity contribution in [1.82, 2.24) is 14.6 Å². The van der Waals surface area contributed by atoms with Gasteiger partial charge in [0, 0.05) is 19.1 Å². The Kier molecular flexibility index (Phi) is 5.28. The SMILES string of the molecule is C=CC(=O)NC1C(C)(C)CN(S(=O)(=O)c2ccc(-c3cnco3)s2)CC1(C)C. The van der Waals surface area contributed by atoms with Crippen molar-refractivity contribution in [3.05, 3.63) is 37.4 Å². The van der Waals surface area contributed by atoms with Gasteiger partial charge in [0.05, 0.1) is 11.1 Å². The maximum absolute atomic E-state index is 13.3. The first-order chi connectivity index (χ1) is 13.0. The number of amides is 1. The first-order valence-electron chi connectivity index (χ1n) is 8.89. The van der Waals surface area contributed by atoms with Gasteiger partial charge in [-0.1, -0.05) is 34.3 Å². The van der Waals surface area contributed by atoms with Crippen LogP contribution in [-0.2, 0) is 14.8 Å². The molecule has 0 aliphatic carbocycles. The zero-order valence-corrected chi connectivity index (χ0v) is 18.1. The molecule has 0 saturated carbocycles. The van der Waals surface area contributed by atoms with Crippen molar-refractivity contribution >= 4 is 27.3 Å². The Morgan fingerprint density at radius 2 is 1.96 bits per heavy atom. The highest BCUT2D eigenvalue weighted by molar-refractivity contribution is 7.91. The molecule has 1 aliphatic rings. The standard InChI is InChI=1S/C19H25N3O4S2/c1-6-15(23)21-17-18(2,3)10-22(11-19(17,4)5)28(24,25)16-8-7-14(27-16)13-9-20-12-26-13/h6-9,12,17H,1,10-11H2,2-5H3,(H,21,23). The van der Waals surface area contributed by atoms with Crippen molar-refractivity contribution in [2.45, 2.75) is 37.9 Å². The third-order valence-corrected chi connectivity index (χ3v) is 8.41. The molecule has 0 bridgehead atoms.